The first kappa shape index (κ1) is 19.1. The van der Waals surface area contributed by atoms with Crippen molar-refractivity contribution < 1.29 is 19.0 Å². The molecule has 1 aliphatic carbocycles. The van der Waals surface area contributed by atoms with Crippen molar-refractivity contribution in [3.05, 3.63) is 53.1 Å². The maximum Gasteiger partial charge on any atom is 0.220 e. The molecule has 0 aliphatic heterocycles. The number of benzene rings is 2. The van der Waals surface area contributed by atoms with Crippen LogP contribution in [-0.4, -0.2) is 33.3 Å². The van der Waals surface area contributed by atoms with Crippen LogP contribution < -0.4 is 19.5 Å². The Bertz CT molecular complexity index is 803. The molecule has 0 heterocycles. The van der Waals surface area contributed by atoms with Crippen LogP contribution in [0.15, 0.2) is 36.4 Å². The molecule has 1 N–H and O–H groups in total. The van der Waals surface area contributed by atoms with E-state index in [9.17, 15) is 4.79 Å². The molecule has 2 aromatic carbocycles. The lowest BCUT2D eigenvalue weighted by Crippen LogP contribution is -2.38. The first-order valence-corrected chi connectivity index (χ1v) is 9.30. The molecule has 0 bridgehead atoms. The van der Waals surface area contributed by atoms with Crippen molar-refractivity contribution in [1.29, 1.82) is 0 Å². The van der Waals surface area contributed by atoms with E-state index in [-0.39, 0.29) is 11.9 Å². The molecule has 0 fully saturated rings. The molecule has 1 unspecified atom stereocenters. The fourth-order valence-corrected chi connectivity index (χ4v) is 3.73. The van der Waals surface area contributed by atoms with Gasteiger partial charge in [-0.15, -0.1) is 0 Å². The monoisotopic (exact) mass is 369 g/mol. The van der Waals surface area contributed by atoms with Crippen molar-refractivity contribution in [2.45, 2.75) is 38.1 Å². The zero-order chi connectivity index (χ0) is 19.2. The number of carbonyl (C=O) groups is 1. The summed E-state index contributed by atoms with van der Waals surface area (Å²) >= 11 is 0. The summed E-state index contributed by atoms with van der Waals surface area (Å²) in [6.07, 6.45) is 3.90. The molecule has 0 radical (unpaired) electrons. The molecule has 144 valence electrons. The van der Waals surface area contributed by atoms with Crippen LogP contribution >= 0.6 is 0 Å². The van der Waals surface area contributed by atoms with Crippen LogP contribution in [0.4, 0.5) is 0 Å². The normalized spacial score (nSPS) is 15.6. The Morgan fingerprint density at radius 3 is 2.44 bits per heavy atom. The Kier molecular flexibility index (Phi) is 6.22. The van der Waals surface area contributed by atoms with Crippen LogP contribution in [0, 0.1) is 0 Å². The maximum atomic E-state index is 12.5. The summed E-state index contributed by atoms with van der Waals surface area (Å²) in [7, 11) is 4.77. The maximum absolute atomic E-state index is 12.5. The number of carbonyl (C=O) groups excluding carboxylic acids is 1. The highest BCUT2D eigenvalue weighted by atomic mass is 16.5. The topological polar surface area (TPSA) is 56.8 Å². The van der Waals surface area contributed by atoms with Crippen molar-refractivity contribution in [3.8, 4) is 17.2 Å². The van der Waals surface area contributed by atoms with Gasteiger partial charge in [-0.05, 0) is 48.4 Å². The van der Waals surface area contributed by atoms with Gasteiger partial charge in [-0.3, -0.25) is 4.79 Å². The van der Waals surface area contributed by atoms with Gasteiger partial charge in [-0.1, -0.05) is 30.3 Å². The Morgan fingerprint density at radius 2 is 1.74 bits per heavy atom. The molecule has 0 aromatic heterocycles. The van der Waals surface area contributed by atoms with Crippen molar-refractivity contribution in [1.82, 2.24) is 5.32 Å². The zero-order valence-corrected chi connectivity index (χ0v) is 16.2. The molecule has 27 heavy (non-hydrogen) atoms. The van der Waals surface area contributed by atoms with E-state index < -0.39 is 0 Å². The minimum atomic E-state index is 0.0659. The molecule has 2 aromatic rings. The highest BCUT2D eigenvalue weighted by Crippen LogP contribution is 2.40. The minimum Gasteiger partial charge on any atom is -0.493 e. The van der Waals surface area contributed by atoms with Gasteiger partial charge >= 0.3 is 0 Å². The van der Waals surface area contributed by atoms with E-state index in [1.807, 2.05) is 12.1 Å². The largest absolute Gasteiger partial charge is 0.493 e. The van der Waals surface area contributed by atoms with Crippen molar-refractivity contribution in [3.63, 3.8) is 0 Å². The highest BCUT2D eigenvalue weighted by molar-refractivity contribution is 5.77. The van der Waals surface area contributed by atoms with E-state index in [1.54, 1.807) is 21.3 Å². The highest BCUT2D eigenvalue weighted by Gasteiger charge is 2.21. The second kappa shape index (κ2) is 8.80. The predicted molar refractivity (Wildman–Crippen MR) is 105 cm³/mol. The molecular formula is C22H27NO4. The lowest BCUT2D eigenvalue weighted by Gasteiger charge is -2.25. The molecule has 0 saturated carbocycles. The molecular weight excluding hydrogens is 342 g/mol. The molecule has 0 spiro atoms. The summed E-state index contributed by atoms with van der Waals surface area (Å²) in [5.74, 6) is 1.86. The van der Waals surface area contributed by atoms with Crippen molar-refractivity contribution >= 4 is 5.91 Å². The van der Waals surface area contributed by atoms with Gasteiger partial charge in [-0.2, -0.15) is 0 Å². The van der Waals surface area contributed by atoms with Crippen LogP contribution in [0.2, 0.25) is 0 Å². The zero-order valence-electron chi connectivity index (χ0n) is 16.2. The average molecular weight is 369 g/mol. The number of hydrogen-bond acceptors (Lipinski definition) is 4. The van der Waals surface area contributed by atoms with Crippen LogP contribution in [-0.2, 0) is 24.1 Å². The summed E-state index contributed by atoms with van der Waals surface area (Å²) in [5.41, 5.74) is 3.67. The summed E-state index contributed by atoms with van der Waals surface area (Å²) in [6.45, 7) is 0. The fraction of sp³-hybridized carbons (Fsp3) is 0.409. The van der Waals surface area contributed by atoms with Gasteiger partial charge in [0, 0.05) is 12.5 Å². The average Bonchev–Trinajstić information content (AvgIpc) is 2.71. The first-order chi connectivity index (χ1) is 13.2. The Labute approximate surface area is 160 Å². The summed E-state index contributed by atoms with van der Waals surface area (Å²) < 4.78 is 16.2. The van der Waals surface area contributed by atoms with Crippen molar-refractivity contribution in [2.75, 3.05) is 21.3 Å². The molecule has 1 amide bonds. The van der Waals surface area contributed by atoms with E-state index in [4.69, 9.17) is 14.2 Å². The van der Waals surface area contributed by atoms with Crippen LogP contribution in [0.3, 0.4) is 0 Å². The number of hydrogen-bond donors (Lipinski definition) is 1. The number of fused-ring (bicyclic) bond motifs is 1. The second-order valence-corrected chi connectivity index (χ2v) is 6.77. The number of ether oxygens (including phenoxy) is 3. The minimum absolute atomic E-state index is 0.0659. The van der Waals surface area contributed by atoms with Gasteiger partial charge in [0.25, 0.3) is 0 Å². The lowest BCUT2D eigenvalue weighted by atomic mass is 9.88. The standard InChI is InChI=1S/C22H27NO4/c1-25-19-12-9-16(21(26-2)22(19)27-3)10-13-20(24)23-18-11-8-15-6-4-5-7-17(15)14-18/h4-7,9,12,18H,8,10-11,13-14H2,1-3H3,(H,23,24). The third-order valence-electron chi connectivity index (χ3n) is 5.12. The SMILES string of the molecule is COc1ccc(CCC(=O)NC2CCc3ccccc3C2)c(OC)c1OC. The summed E-state index contributed by atoms with van der Waals surface area (Å²) in [6, 6.07) is 12.4. The first-order valence-electron chi connectivity index (χ1n) is 9.30. The molecule has 1 aliphatic rings. The van der Waals surface area contributed by atoms with Crippen LogP contribution in [0.25, 0.3) is 0 Å². The fourth-order valence-electron chi connectivity index (χ4n) is 3.73. The van der Waals surface area contributed by atoms with Gasteiger partial charge in [0.1, 0.15) is 0 Å². The third-order valence-corrected chi connectivity index (χ3v) is 5.12. The van der Waals surface area contributed by atoms with Gasteiger partial charge in [-0.25, -0.2) is 0 Å². The van der Waals surface area contributed by atoms with Crippen molar-refractivity contribution in [2.24, 2.45) is 0 Å². The van der Waals surface area contributed by atoms with Crippen LogP contribution in [0.5, 0.6) is 17.2 Å². The number of nitrogens with one attached hydrogen (secondary N) is 1. The molecule has 1 atom stereocenters. The van der Waals surface area contributed by atoms with E-state index in [0.29, 0.717) is 30.1 Å². The number of methoxy groups -OCH3 is 3. The Morgan fingerprint density at radius 1 is 1.00 bits per heavy atom. The Hall–Kier alpha value is -2.69. The van der Waals surface area contributed by atoms with E-state index in [0.717, 1.165) is 24.8 Å². The molecule has 5 heteroatoms. The molecule has 0 saturated heterocycles. The van der Waals surface area contributed by atoms with Crippen LogP contribution in [0.1, 0.15) is 29.5 Å². The number of rotatable bonds is 7. The lowest BCUT2D eigenvalue weighted by molar-refractivity contribution is -0.121. The van der Waals surface area contributed by atoms with Gasteiger partial charge in [0.15, 0.2) is 11.5 Å². The predicted octanol–water partition coefficient (Wildman–Crippen LogP) is 3.32. The Balaban J connectivity index is 1.60. The molecule has 5 nitrogen and oxygen atoms in total. The molecule has 3 rings (SSSR count). The second-order valence-electron chi connectivity index (χ2n) is 6.77. The van der Waals surface area contributed by atoms with Gasteiger partial charge < -0.3 is 19.5 Å². The van der Waals surface area contributed by atoms with Gasteiger partial charge in [0.05, 0.1) is 21.3 Å². The number of aryl methyl sites for hydroxylation is 2. The summed E-state index contributed by atoms with van der Waals surface area (Å²) in [4.78, 5) is 12.5. The summed E-state index contributed by atoms with van der Waals surface area (Å²) in [5, 5.41) is 3.18. The van der Waals surface area contributed by atoms with E-state index >= 15 is 0 Å². The smallest absolute Gasteiger partial charge is 0.220 e. The van der Waals surface area contributed by atoms with E-state index in [2.05, 4.69) is 29.6 Å². The van der Waals surface area contributed by atoms with Gasteiger partial charge in [0.2, 0.25) is 11.7 Å². The van der Waals surface area contributed by atoms with E-state index in [1.165, 1.54) is 11.1 Å². The quantitative estimate of drug-likeness (QED) is 0.813. The third kappa shape index (κ3) is 4.35. The number of amides is 1.